The van der Waals surface area contributed by atoms with Gasteiger partial charge in [0.25, 0.3) is 0 Å². The lowest BCUT2D eigenvalue weighted by Crippen LogP contribution is -2.46. The lowest BCUT2D eigenvalue weighted by atomic mass is 9.64. The van der Waals surface area contributed by atoms with E-state index in [4.69, 9.17) is 0 Å². The van der Waals surface area contributed by atoms with Crippen LogP contribution in [0.5, 0.6) is 0 Å². The molecule has 21 heavy (non-hydrogen) atoms. The molecule has 0 bridgehead atoms. The summed E-state index contributed by atoms with van der Waals surface area (Å²) in [4.78, 5) is 26.2. The zero-order valence-electron chi connectivity index (χ0n) is 14.2. The van der Waals surface area contributed by atoms with Crippen molar-refractivity contribution >= 4 is 11.7 Å². The Morgan fingerprint density at radius 2 is 1.43 bits per heavy atom. The lowest BCUT2D eigenvalue weighted by molar-refractivity contribution is -0.137. The number of amides is 1. The first kappa shape index (κ1) is 16.5. The molecule has 1 heterocycles. The number of Topliss-reactive ketones (excluding diaryl/α,β-unsaturated/α-hetero) is 1. The van der Waals surface area contributed by atoms with E-state index in [0.717, 1.165) is 38.8 Å². The first-order valence-electron chi connectivity index (χ1n) is 8.67. The Labute approximate surface area is 129 Å². The van der Waals surface area contributed by atoms with E-state index < -0.39 is 0 Å². The van der Waals surface area contributed by atoms with Crippen molar-refractivity contribution in [2.75, 3.05) is 13.1 Å². The van der Waals surface area contributed by atoms with E-state index in [0.29, 0.717) is 23.0 Å². The maximum atomic E-state index is 12.1. The lowest BCUT2D eigenvalue weighted by Gasteiger charge is -2.46. The van der Waals surface area contributed by atoms with Crippen LogP contribution in [-0.4, -0.2) is 29.7 Å². The van der Waals surface area contributed by atoms with Gasteiger partial charge in [-0.25, -0.2) is 0 Å². The molecule has 1 aliphatic carbocycles. The summed E-state index contributed by atoms with van der Waals surface area (Å²) in [6, 6.07) is 0. The van der Waals surface area contributed by atoms with Gasteiger partial charge in [-0.05, 0) is 43.9 Å². The van der Waals surface area contributed by atoms with Crippen LogP contribution in [0.2, 0.25) is 0 Å². The molecule has 2 fully saturated rings. The van der Waals surface area contributed by atoms with Crippen molar-refractivity contribution in [1.82, 2.24) is 4.90 Å². The summed E-state index contributed by atoms with van der Waals surface area (Å²) in [6.07, 6.45) is 6.76. The van der Waals surface area contributed by atoms with Gasteiger partial charge in [0.15, 0.2) is 0 Å². The number of hydrogen-bond donors (Lipinski definition) is 0. The van der Waals surface area contributed by atoms with Crippen LogP contribution in [0.4, 0.5) is 0 Å². The fourth-order valence-corrected chi connectivity index (χ4v) is 4.05. The average molecular weight is 293 g/mol. The van der Waals surface area contributed by atoms with Crippen molar-refractivity contribution in [3.63, 3.8) is 0 Å². The van der Waals surface area contributed by atoms with Crippen molar-refractivity contribution in [2.45, 2.75) is 66.2 Å². The third kappa shape index (κ3) is 3.67. The van der Waals surface area contributed by atoms with Gasteiger partial charge in [0.2, 0.25) is 5.91 Å². The van der Waals surface area contributed by atoms with Gasteiger partial charge in [-0.2, -0.15) is 0 Å². The van der Waals surface area contributed by atoms with E-state index >= 15 is 0 Å². The van der Waals surface area contributed by atoms with Gasteiger partial charge >= 0.3 is 0 Å². The molecule has 0 aromatic heterocycles. The molecule has 120 valence electrons. The van der Waals surface area contributed by atoms with Gasteiger partial charge in [-0.1, -0.05) is 27.7 Å². The van der Waals surface area contributed by atoms with Crippen LogP contribution < -0.4 is 0 Å². The summed E-state index contributed by atoms with van der Waals surface area (Å²) in [5.41, 5.74) is 0.418. The minimum Gasteiger partial charge on any atom is -0.342 e. The highest BCUT2D eigenvalue weighted by molar-refractivity contribution is 5.82. The second kappa shape index (κ2) is 6.50. The summed E-state index contributed by atoms with van der Waals surface area (Å²) in [5, 5.41) is 0. The van der Waals surface area contributed by atoms with Crippen LogP contribution in [0, 0.1) is 23.2 Å². The minimum absolute atomic E-state index is 0.110. The first-order chi connectivity index (χ1) is 9.84. The van der Waals surface area contributed by atoms with Crippen LogP contribution in [-0.2, 0) is 9.59 Å². The molecule has 3 heteroatoms. The number of rotatable bonds is 3. The Kier molecular flexibility index (Phi) is 5.11. The second-order valence-electron chi connectivity index (χ2n) is 7.81. The third-order valence-electron chi connectivity index (χ3n) is 5.65. The minimum atomic E-state index is 0.110. The molecule has 0 atom stereocenters. The molecule has 1 saturated carbocycles. The van der Waals surface area contributed by atoms with Crippen LogP contribution >= 0.6 is 0 Å². The second-order valence-corrected chi connectivity index (χ2v) is 7.81. The molecular formula is C18H31NO2. The molecule has 0 aromatic carbocycles. The van der Waals surface area contributed by atoms with Crippen molar-refractivity contribution in [3.8, 4) is 0 Å². The molecule has 1 amide bonds. The summed E-state index contributed by atoms with van der Waals surface area (Å²) in [5.74, 6) is 1.34. The highest BCUT2D eigenvalue weighted by Gasteiger charge is 2.40. The van der Waals surface area contributed by atoms with Crippen LogP contribution in [0.1, 0.15) is 66.2 Å². The van der Waals surface area contributed by atoms with Crippen molar-refractivity contribution in [1.29, 1.82) is 0 Å². The molecule has 2 rings (SSSR count). The Morgan fingerprint density at radius 1 is 0.905 bits per heavy atom. The molecule has 1 spiro atoms. The van der Waals surface area contributed by atoms with Gasteiger partial charge < -0.3 is 4.90 Å². The van der Waals surface area contributed by atoms with Crippen LogP contribution in [0.15, 0.2) is 0 Å². The molecule has 1 saturated heterocycles. The Hall–Kier alpha value is -0.860. The number of carbonyl (C=O) groups excluding carboxylic acids is 2. The monoisotopic (exact) mass is 293 g/mol. The smallest absolute Gasteiger partial charge is 0.225 e. The molecule has 0 N–H and O–H groups in total. The average Bonchev–Trinajstić information content (AvgIpc) is 2.47. The van der Waals surface area contributed by atoms with Crippen LogP contribution in [0.25, 0.3) is 0 Å². The zero-order valence-corrected chi connectivity index (χ0v) is 14.2. The van der Waals surface area contributed by atoms with E-state index in [9.17, 15) is 9.59 Å². The topological polar surface area (TPSA) is 37.4 Å². The summed E-state index contributed by atoms with van der Waals surface area (Å²) in [7, 11) is 0. The van der Waals surface area contributed by atoms with E-state index in [1.807, 2.05) is 32.6 Å². The maximum absolute atomic E-state index is 12.1. The number of ketones is 1. The molecule has 1 aliphatic heterocycles. The van der Waals surface area contributed by atoms with Crippen molar-refractivity contribution in [2.24, 2.45) is 23.2 Å². The Morgan fingerprint density at radius 3 is 1.86 bits per heavy atom. The number of piperidine rings is 1. The Bertz CT molecular complexity index is 343. The normalized spacial score (nSPS) is 23.0. The summed E-state index contributed by atoms with van der Waals surface area (Å²) >= 11 is 0. The number of nitrogens with zero attached hydrogens (tertiary/aromatic N) is 1. The molecule has 2 aliphatic rings. The third-order valence-corrected chi connectivity index (χ3v) is 5.65. The largest absolute Gasteiger partial charge is 0.342 e. The van der Waals surface area contributed by atoms with Gasteiger partial charge in [0.1, 0.15) is 5.78 Å². The first-order valence-corrected chi connectivity index (χ1v) is 8.67. The van der Waals surface area contributed by atoms with E-state index in [1.165, 1.54) is 12.8 Å². The van der Waals surface area contributed by atoms with E-state index in [1.54, 1.807) is 0 Å². The molecule has 0 aromatic rings. The van der Waals surface area contributed by atoms with E-state index in [2.05, 4.69) is 0 Å². The van der Waals surface area contributed by atoms with Gasteiger partial charge in [-0.3, -0.25) is 9.59 Å². The standard InChI is InChI=1S/C18H31NO2/c1-13(2)16(20)15-5-7-18(8-6-15)9-11-19(12-10-18)17(21)14(3)4/h13-15H,5-12H2,1-4H3. The molecular weight excluding hydrogens is 262 g/mol. The van der Waals surface area contributed by atoms with Crippen molar-refractivity contribution < 1.29 is 9.59 Å². The van der Waals surface area contributed by atoms with Crippen LogP contribution in [0.3, 0.4) is 0 Å². The SMILES string of the molecule is CC(C)C(=O)C1CCC2(CC1)CCN(C(=O)C(C)C)CC2. The number of hydrogen-bond acceptors (Lipinski definition) is 2. The summed E-state index contributed by atoms with van der Waals surface area (Å²) < 4.78 is 0. The van der Waals surface area contributed by atoms with E-state index in [-0.39, 0.29) is 11.8 Å². The van der Waals surface area contributed by atoms with Gasteiger partial charge in [0.05, 0.1) is 0 Å². The zero-order chi connectivity index (χ0) is 15.6. The Balaban J connectivity index is 1.86. The number of carbonyl (C=O) groups is 2. The summed E-state index contributed by atoms with van der Waals surface area (Å²) in [6.45, 7) is 9.83. The molecule has 0 radical (unpaired) electrons. The quantitative estimate of drug-likeness (QED) is 0.796. The van der Waals surface area contributed by atoms with Crippen molar-refractivity contribution in [3.05, 3.63) is 0 Å². The fraction of sp³-hybridized carbons (Fsp3) is 0.889. The molecule has 0 unspecified atom stereocenters. The maximum Gasteiger partial charge on any atom is 0.225 e. The fourth-order valence-electron chi connectivity index (χ4n) is 4.05. The number of likely N-dealkylation sites (tertiary alicyclic amines) is 1. The molecule has 3 nitrogen and oxygen atoms in total. The highest BCUT2D eigenvalue weighted by atomic mass is 16.2. The van der Waals surface area contributed by atoms with Gasteiger partial charge in [-0.15, -0.1) is 0 Å². The highest BCUT2D eigenvalue weighted by Crippen LogP contribution is 2.46. The van der Waals surface area contributed by atoms with Gasteiger partial charge in [0, 0.05) is 30.8 Å². The predicted octanol–water partition coefficient (Wildman–Crippen LogP) is 3.67. The predicted molar refractivity (Wildman–Crippen MR) is 84.9 cm³/mol.